The van der Waals surface area contributed by atoms with Crippen molar-refractivity contribution in [3.63, 3.8) is 0 Å². The van der Waals surface area contributed by atoms with Gasteiger partial charge in [-0.15, -0.1) is 0 Å². The molecule has 0 spiro atoms. The number of para-hydroxylation sites is 1. The summed E-state index contributed by atoms with van der Waals surface area (Å²) in [5, 5.41) is 6.77. The lowest BCUT2D eigenvalue weighted by Crippen LogP contribution is -2.24. The molecule has 2 amide bonds. The number of amides is 2. The molecule has 7 heteroatoms. The van der Waals surface area contributed by atoms with Gasteiger partial charge in [0, 0.05) is 0 Å². The maximum Gasteiger partial charge on any atom is 0.249 e. The van der Waals surface area contributed by atoms with E-state index in [0.717, 1.165) is 11.3 Å². The summed E-state index contributed by atoms with van der Waals surface area (Å²) in [7, 11) is 1.58. The SMILES string of the molecule is COc1ccc(C=NNC(=O)CC(=O)Nc2ccccc2Cl)cc1. The minimum atomic E-state index is -0.524. The van der Waals surface area contributed by atoms with Gasteiger partial charge in [0.25, 0.3) is 0 Å². The Hall–Kier alpha value is -2.86. The van der Waals surface area contributed by atoms with Crippen LogP contribution in [0.2, 0.25) is 5.02 Å². The maximum absolute atomic E-state index is 11.8. The van der Waals surface area contributed by atoms with Gasteiger partial charge in [-0.05, 0) is 42.0 Å². The van der Waals surface area contributed by atoms with Crippen LogP contribution in [0.4, 0.5) is 5.69 Å². The van der Waals surface area contributed by atoms with Crippen LogP contribution in [0.1, 0.15) is 12.0 Å². The standard InChI is InChI=1S/C17H16ClN3O3/c1-24-13-8-6-12(7-9-13)11-19-21-17(23)10-16(22)20-15-5-3-2-4-14(15)18/h2-9,11H,10H2,1H3,(H,20,22)(H,21,23). The first kappa shape index (κ1) is 17.5. The van der Waals surface area contributed by atoms with Crippen LogP contribution < -0.4 is 15.5 Å². The van der Waals surface area contributed by atoms with Crippen LogP contribution in [-0.4, -0.2) is 25.1 Å². The highest BCUT2D eigenvalue weighted by Gasteiger charge is 2.10. The van der Waals surface area contributed by atoms with Crippen LogP contribution in [0.5, 0.6) is 5.75 Å². The van der Waals surface area contributed by atoms with E-state index in [-0.39, 0.29) is 6.42 Å². The fourth-order valence-corrected chi connectivity index (χ4v) is 1.99. The third-order valence-electron chi connectivity index (χ3n) is 2.99. The van der Waals surface area contributed by atoms with Crippen LogP contribution in [0.15, 0.2) is 53.6 Å². The number of hydrogen-bond acceptors (Lipinski definition) is 4. The van der Waals surface area contributed by atoms with Crippen LogP contribution in [0.25, 0.3) is 0 Å². The molecule has 0 unspecified atom stereocenters. The molecule has 0 aliphatic carbocycles. The highest BCUT2D eigenvalue weighted by atomic mass is 35.5. The van der Waals surface area contributed by atoms with Gasteiger partial charge in [0.2, 0.25) is 11.8 Å². The quantitative estimate of drug-likeness (QED) is 0.480. The molecule has 2 N–H and O–H groups in total. The van der Waals surface area contributed by atoms with E-state index in [1.807, 2.05) is 0 Å². The second-order valence-electron chi connectivity index (χ2n) is 4.77. The molecule has 0 bridgehead atoms. The maximum atomic E-state index is 11.8. The molecule has 0 aromatic heterocycles. The molecular formula is C17H16ClN3O3. The Kier molecular flexibility index (Phi) is 6.33. The largest absolute Gasteiger partial charge is 0.497 e. The predicted molar refractivity (Wildman–Crippen MR) is 93.4 cm³/mol. The molecule has 2 aromatic rings. The molecule has 0 heterocycles. The number of rotatable bonds is 6. The molecule has 2 rings (SSSR count). The minimum Gasteiger partial charge on any atom is -0.497 e. The Labute approximate surface area is 144 Å². The normalized spacial score (nSPS) is 10.4. The molecule has 124 valence electrons. The Morgan fingerprint density at radius 1 is 1.12 bits per heavy atom. The van der Waals surface area contributed by atoms with Gasteiger partial charge < -0.3 is 10.1 Å². The average Bonchev–Trinajstić information content (AvgIpc) is 2.57. The first-order valence-electron chi connectivity index (χ1n) is 7.09. The second-order valence-corrected chi connectivity index (χ2v) is 5.18. The number of ether oxygens (including phenoxy) is 1. The van der Waals surface area contributed by atoms with Crippen molar-refractivity contribution in [1.29, 1.82) is 0 Å². The number of nitrogens with zero attached hydrogens (tertiary/aromatic N) is 1. The van der Waals surface area contributed by atoms with E-state index in [9.17, 15) is 9.59 Å². The molecule has 0 aliphatic heterocycles. The third kappa shape index (κ3) is 5.40. The number of benzene rings is 2. The van der Waals surface area contributed by atoms with Crippen molar-refractivity contribution in [3.8, 4) is 5.75 Å². The number of carbonyl (C=O) groups is 2. The molecular weight excluding hydrogens is 330 g/mol. The zero-order valence-electron chi connectivity index (χ0n) is 13.0. The number of hydrogen-bond donors (Lipinski definition) is 2. The van der Waals surface area contributed by atoms with Crippen molar-refractivity contribution in [2.45, 2.75) is 6.42 Å². The highest BCUT2D eigenvalue weighted by Crippen LogP contribution is 2.20. The van der Waals surface area contributed by atoms with Crippen molar-refractivity contribution in [1.82, 2.24) is 5.43 Å². The summed E-state index contributed by atoms with van der Waals surface area (Å²) < 4.78 is 5.04. The summed E-state index contributed by atoms with van der Waals surface area (Å²) in [4.78, 5) is 23.5. The summed E-state index contributed by atoms with van der Waals surface area (Å²) in [6.07, 6.45) is 1.12. The smallest absolute Gasteiger partial charge is 0.249 e. The molecule has 0 saturated carbocycles. The highest BCUT2D eigenvalue weighted by molar-refractivity contribution is 6.33. The Bertz CT molecular complexity index is 745. The van der Waals surface area contributed by atoms with E-state index in [4.69, 9.17) is 16.3 Å². The van der Waals surface area contributed by atoms with Crippen molar-refractivity contribution in [2.24, 2.45) is 5.10 Å². The van der Waals surface area contributed by atoms with E-state index in [1.54, 1.807) is 55.6 Å². The minimum absolute atomic E-state index is 0.356. The molecule has 0 aliphatic rings. The van der Waals surface area contributed by atoms with Gasteiger partial charge in [-0.3, -0.25) is 9.59 Å². The lowest BCUT2D eigenvalue weighted by Gasteiger charge is -2.06. The van der Waals surface area contributed by atoms with E-state index in [2.05, 4.69) is 15.8 Å². The number of carbonyl (C=O) groups excluding carboxylic acids is 2. The van der Waals surface area contributed by atoms with Gasteiger partial charge in [-0.1, -0.05) is 23.7 Å². The van der Waals surface area contributed by atoms with Crippen LogP contribution in [-0.2, 0) is 9.59 Å². The average molecular weight is 346 g/mol. The molecule has 0 fully saturated rings. The first-order chi connectivity index (χ1) is 11.6. The first-order valence-corrected chi connectivity index (χ1v) is 7.46. The lowest BCUT2D eigenvalue weighted by atomic mass is 10.2. The number of methoxy groups -OCH3 is 1. The van der Waals surface area contributed by atoms with Crippen molar-refractivity contribution in [3.05, 3.63) is 59.1 Å². The Morgan fingerprint density at radius 3 is 2.50 bits per heavy atom. The van der Waals surface area contributed by atoms with Gasteiger partial charge in [0.05, 0.1) is 24.0 Å². The molecule has 2 aromatic carbocycles. The summed E-state index contributed by atoms with van der Waals surface area (Å²) in [6.45, 7) is 0. The van der Waals surface area contributed by atoms with Crippen LogP contribution >= 0.6 is 11.6 Å². The van der Waals surface area contributed by atoms with Crippen LogP contribution in [0.3, 0.4) is 0 Å². The van der Waals surface area contributed by atoms with Gasteiger partial charge in [-0.2, -0.15) is 5.10 Å². The molecule has 0 radical (unpaired) electrons. The van der Waals surface area contributed by atoms with Crippen molar-refractivity contribution in [2.75, 3.05) is 12.4 Å². The fraction of sp³-hybridized carbons (Fsp3) is 0.118. The number of hydrazone groups is 1. The fourth-order valence-electron chi connectivity index (χ4n) is 1.81. The van der Waals surface area contributed by atoms with Gasteiger partial charge in [0.1, 0.15) is 12.2 Å². The van der Waals surface area contributed by atoms with Crippen molar-refractivity contribution >= 4 is 35.3 Å². The molecule has 24 heavy (non-hydrogen) atoms. The zero-order valence-corrected chi connectivity index (χ0v) is 13.7. The zero-order chi connectivity index (χ0) is 17.4. The number of halogens is 1. The topological polar surface area (TPSA) is 79.8 Å². The van der Waals surface area contributed by atoms with E-state index < -0.39 is 11.8 Å². The van der Waals surface area contributed by atoms with Crippen LogP contribution in [0, 0.1) is 0 Å². The lowest BCUT2D eigenvalue weighted by molar-refractivity contribution is -0.126. The van der Waals surface area contributed by atoms with E-state index in [1.165, 1.54) is 6.21 Å². The summed E-state index contributed by atoms with van der Waals surface area (Å²) in [5.41, 5.74) is 3.54. The molecule has 0 atom stereocenters. The van der Waals surface area contributed by atoms with E-state index >= 15 is 0 Å². The van der Waals surface area contributed by atoms with Crippen molar-refractivity contribution < 1.29 is 14.3 Å². The van der Waals surface area contributed by atoms with Gasteiger partial charge >= 0.3 is 0 Å². The van der Waals surface area contributed by atoms with Gasteiger partial charge in [-0.25, -0.2) is 5.43 Å². The third-order valence-corrected chi connectivity index (χ3v) is 3.32. The Balaban J connectivity index is 1.81. The molecule has 0 saturated heterocycles. The number of nitrogens with one attached hydrogen (secondary N) is 2. The Morgan fingerprint density at radius 2 is 1.83 bits per heavy atom. The second kappa shape index (κ2) is 8.69. The van der Waals surface area contributed by atoms with Gasteiger partial charge in [0.15, 0.2) is 0 Å². The number of anilines is 1. The van der Waals surface area contributed by atoms with E-state index in [0.29, 0.717) is 10.7 Å². The summed E-state index contributed by atoms with van der Waals surface area (Å²) in [5.74, 6) is -0.267. The summed E-state index contributed by atoms with van der Waals surface area (Å²) >= 11 is 5.93. The predicted octanol–water partition coefficient (Wildman–Crippen LogP) is 2.83. The summed E-state index contributed by atoms with van der Waals surface area (Å²) in [6, 6.07) is 13.9. The molecule has 6 nitrogen and oxygen atoms in total. The monoisotopic (exact) mass is 345 g/mol.